The van der Waals surface area contributed by atoms with Gasteiger partial charge in [-0.15, -0.1) is 68.0 Å². The van der Waals surface area contributed by atoms with Crippen LogP contribution in [-0.4, -0.2) is 23.7 Å². The van der Waals surface area contributed by atoms with E-state index >= 15 is 0 Å². The second-order valence-corrected chi connectivity index (χ2v) is 43.2. The molecule has 11 heterocycles. The molecule has 33 aromatic rings. The molecule has 0 fully saturated rings. The van der Waals surface area contributed by atoms with Crippen molar-refractivity contribution in [1.29, 1.82) is 0 Å². The maximum Gasteiger partial charge on any atom is 0.235 e. The van der Waals surface area contributed by atoms with Crippen LogP contribution in [0, 0.1) is 0 Å². The van der Waals surface area contributed by atoms with Crippen molar-refractivity contribution in [1.82, 2.24) is 23.7 Å². The highest BCUT2D eigenvalue weighted by Gasteiger charge is 2.31. The van der Waals surface area contributed by atoms with Crippen LogP contribution in [0.25, 0.3) is 303 Å². The van der Waals surface area contributed by atoms with Crippen LogP contribution in [0.5, 0.6) is 0 Å². The number of fused-ring (bicyclic) bond motifs is 36. The Labute approximate surface area is 834 Å². The predicted octanol–water partition coefficient (Wildman–Crippen LogP) is 39.4. The first kappa shape index (κ1) is 80.2. The van der Waals surface area contributed by atoms with Gasteiger partial charge in [-0.1, -0.05) is 370 Å². The van der Waals surface area contributed by atoms with Crippen LogP contribution < -0.4 is 0 Å². The Morgan fingerprint density at radius 1 is 0.183 bits per heavy atom. The zero-order valence-electron chi connectivity index (χ0n) is 75.7. The second kappa shape index (κ2) is 31.4. The lowest BCUT2D eigenvalue weighted by molar-refractivity contribution is 0.669. The molecule has 0 unspecified atom stereocenters. The van der Waals surface area contributed by atoms with Gasteiger partial charge in [0.1, 0.15) is 11.2 Å². The fourth-order valence-corrected chi connectivity index (χ4v) is 31.6. The summed E-state index contributed by atoms with van der Waals surface area (Å²) in [6.07, 6.45) is 0. The molecule has 22 aromatic carbocycles. The fraction of sp³-hybridized carbons (Fsp3) is 0. The molecule has 6 nitrogen and oxygen atoms in total. The Hall–Kier alpha value is -16.8. The van der Waals surface area contributed by atoms with Crippen LogP contribution in [-0.2, 0) is 0 Å². The van der Waals surface area contributed by atoms with Crippen molar-refractivity contribution in [2.45, 2.75) is 0 Å². The van der Waals surface area contributed by atoms with Crippen molar-refractivity contribution in [2.75, 3.05) is 0 Å². The van der Waals surface area contributed by atoms with Gasteiger partial charge in [-0.3, -0.25) is 4.57 Å². The molecule has 0 N–H and O–H groups in total. The van der Waals surface area contributed by atoms with E-state index in [0.29, 0.717) is 5.95 Å². The molecule has 0 aliphatic carbocycles. The van der Waals surface area contributed by atoms with Gasteiger partial charge in [0.25, 0.3) is 0 Å². The average molecular weight is 1910 g/mol. The predicted molar refractivity (Wildman–Crippen MR) is 617 cm³/mol. The van der Waals surface area contributed by atoms with E-state index in [1.165, 1.54) is 247 Å². The van der Waals surface area contributed by atoms with Crippen molar-refractivity contribution >= 4 is 309 Å². The summed E-state index contributed by atoms with van der Waals surface area (Å²) in [6, 6.07) is 161. The summed E-state index contributed by atoms with van der Waals surface area (Å²) in [5.74, 6) is 0.693. The van der Waals surface area contributed by atoms with Crippen LogP contribution >= 0.6 is 68.0 Å². The van der Waals surface area contributed by atoms with E-state index in [0.717, 1.165) is 50.0 Å². The number of furan rings is 1. The monoisotopic (exact) mass is 1910 g/mol. The largest absolute Gasteiger partial charge is 0.456 e. The van der Waals surface area contributed by atoms with Gasteiger partial charge in [0, 0.05) is 89.9 Å². The third-order valence-corrected chi connectivity index (χ3v) is 36.9. The van der Waals surface area contributed by atoms with E-state index in [2.05, 4.69) is 444 Å². The van der Waals surface area contributed by atoms with Crippen LogP contribution in [0.1, 0.15) is 0 Å². The smallest absolute Gasteiger partial charge is 0.235 e. The maximum absolute atomic E-state index is 6.45. The van der Waals surface area contributed by atoms with Crippen LogP contribution in [0.3, 0.4) is 0 Å². The van der Waals surface area contributed by atoms with Crippen molar-refractivity contribution < 1.29 is 4.42 Å². The Balaban J connectivity index is 0.0000000986. The van der Waals surface area contributed by atoms with Gasteiger partial charge in [0.2, 0.25) is 5.95 Å². The molecule has 0 saturated carbocycles. The van der Waals surface area contributed by atoms with Gasteiger partial charge >= 0.3 is 0 Å². The SMILES string of the molecule is c1ccc(-c2cc(-c3ccccc3)nc(-n3c4ccccc4c4sc5c(sc6ccc7ccccc7c65)c43)n2)cc1.c1ccc2cc(-c3c4ccccc4c(-n4c5ccccc5c5sc6c(sc7ccc8ccccc8c76)c54)c4ccccc34)ccc2c1.c1ccc2cc3c(cc2c1)oc1ccc(-c2c4ccccc4c(-n4c5ccccc5c5sc6c(sc7ccc8ccccc8c76)c54)c4ccccc24)cc13. The summed E-state index contributed by atoms with van der Waals surface area (Å²) in [7, 11) is 0. The van der Waals surface area contributed by atoms with Gasteiger partial charge in [0.05, 0.1) is 98.2 Å². The molecule has 0 amide bonds. The maximum atomic E-state index is 6.45. The standard InChI is InChI=1S/C50H27NOS2.C44H25NS2.C36H21N3S2/c1-2-13-30-27-42-39(25-29(30)12-1)38-26-31(21-23-41(38)52-42)44-33-15-5-7-17-35(33)46(36-18-8-6-16-34(36)44)51-40-20-10-9-19-37(40)48-47(51)50-49(54-48)45-32-14-4-3-11-28(32)22-24-43(45)53-50;1-2-13-28-25-29(22-21-26(28)11-1)38-31-15-5-7-17-33(31)40(34-18-8-6-16-32(34)38)45-36-20-10-9-19-35(36)42-41(45)44-43(47-42)39-30-14-4-3-12-27(30)23-24-37(39)46-44;1-3-12-23(13-4-1)27-21-28(24-14-5-2-6-15-24)38-36(37-27)39-29-18-10-9-17-26(29)33-32(39)35-34(41-33)31-25-16-8-7-11-22(25)19-20-30(31)40-35/h1-27H;1-25H;1-21H. The minimum atomic E-state index is 0.693. The number of hydrogen-bond donors (Lipinski definition) is 0. The lowest BCUT2D eigenvalue weighted by atomic mass is 9.89. The summed E-state index contributed by atoms with van der Waals surface area (Å²) < 4.78 is 30.1. The van der Waals surface area contributed by atoms with Gasteiger partial charge in [-0.2, -0.15) is 0 Å². The first-order valence-corrected chi connectivity index (χ1v) is 52.9. The minimum absolute atomic E-state index is 0.693. The van der Waals surface area contributed by atoms with Gasteiger partial charge in [-0.05, 0) is 170 Å². The highest BCUT2D eigenvalue weighted by atomic mass is 32.1. The van der Waals surface area contributed by atoms with E-state index in [1.54, 1.807) is 0 Å². The average Bonchev–Trinajstić information content (AvgIpc) is 1.60. The Morgan fingerprint density at radius 2 is 0.493 bits per heavy atom. The lowest BCUT2D eigenvalue weighted by Gasteiger charge is -2.19. The highest BCUT2D eigenvalue weighted by molar-refractivity contribution is 7.38. The third-order valence-electron chi connectivity index (χ3n) is 29.3. The summed E-state index contributed by atoms with van der Waals surface area (Å²) in [5.41, 5.74) is 20.7. The first-order valence-electron chi connectivity index (χ1n) is 48.0. The summed E-state index contributed by atoms with van der Waals surface area (Å²) in [6.45, 7) is 0. The first-order chi connectivity index (χ1) is 70.4. The van der Waals surface area contributed by atoms with Crippen LogP contribution in [0.2, 0.25) is 0 Å². The molecule has 0 saturated heterocycles. The number of thiophene rings is 6. The molecule has 0 bridgehead atoms. The minimum Gasteiger partial charge on any atom is -0.456 e. The Kier molecular flexibility index (Phi) is 17.7. The zero-order valence-corrected chi connectivity index (χ0v) is 80.6. The molecule has 0 atom stereocenters. The quantitative estimate of drug-likeness (QED) is 0.149. The van der Waals surface area contributed by atoms with Crippen LogP contribution in [0.4, 0.5) is 0 Å². The number of benzene rings is 22. The van der Waals surface area contributed by atoms with Crippen molar-refractivity contribution in [3.8, 4) is 62.1 Å². The van der Waals surface area contributed by atoms with E-state index in [9.17, 15) is 0 Å². The second-order valence-electron chi connectivity index (χ2n) is 37.0. The molecule has 11 aromatic heterocycles. The van der Waals surface area contributed by atoms with Crippen LogP contribution in [0.15, 0.2) is 447 Å². The Morgan fingerprint density at radius 3 is 0.915 bits per heavy atom. The van der Waals surface area contributed by atoms with Crippen molar-refractivity contribution in [3.63, 3.8) is 0 Å². The molecular formula is C130H73N5OS6. The normalized spacial score (nSPS) is 12.2. The topological polar surface area (TPSA) is 53.7 Å². The molecule has 660 valence electrons. The molecule has 0 radical (unpaired) electrons. The van der Waals surface area contributed by atoms with Crippen molar-refractivity contribution in [2.24, 2.45) is 0 Å². The lowest BCUT2D eigenvalue weighted by Crippen LogP contribution is -2.03. The summed E-state index contributed by atoms with van der Waals surface area (Å²) >= 11 is 11.5. The molecule has 142 heavy (non-hydrogen) atoms. The molecular weight excluding hydrogens is 1840 g/mol. The number of para-hydroxylation sites is 3. The van der Waals surface area contributed by atoms with E-state index in [1.807, 2.05) is 80.2 Å². The number of hydrogen-bond acceptors (Lipinski definition) is 9. The summed E-state index contributed by atoms with van der Waals surface area (Å²) in [4.78, 5) is 10.4. The number of aromatic nitrogens is 5. The molecule has 0 aliphatic rings. The molecule has 12 heteroatoms. The molecule has 0 spiro atoms. The van der Waals surface area contributed by atoms with Gasteiger partial charge in [0.15, 0.2) is 0 Å². The van der Waals surface area contributed by atoms with Gasteiger partial charge < -0.3 is 13.6 Å². The van der Waals surface area contributed by atoms with E-state index in [-0.39, 0.29) is 0 Å². The molecule has 0 aliphatic heterocycles. The highest BCUT2D eigenvalue weighted by Crippen LogP contribution is 2.57. The zero-order chi connectivity index (χ0) is 92.6. The van der Waals surface area contributed by atoms with E-state index in [4.69, 9.17) is 14.4 Å². The third kappa shape index (κ3) is 12.0. The van der Waals surface area contributed by atoms with E-state index < -0.39 is 0 Å². The van der Waals surface area contributed by atoms with Gasteiger partial charge in [-0.25, -0.2) is 9.97 Å². The Bertz CT molecular complexity index is 11000. The number of nitrogens with zero attached hydrogens (tertiary/aromatic N) is 5. The molecule has 33 rings (SSSR count). The van der Waals surface area contributed by atoms with Crippen molar-refractivity contribution in [3.05, 3.63) is 443 Å². The summed E-state index contributed by atoms with van der Waals surface area (Å²) in [5, 5.41) is 33.1. The number of rotatable bonds is 7. The fourth-order valence-electron chi connectivity index (χ4n) is 23.1.